The average molecular weight is 322 g/mol. The van der Waals surface area contributed by atoms with Gasteiger partial charge in [-0.2, -0.15) is 0 Å². The number of para-hydroxylation sites is 1. The van der Waals surface area contributed by atoms with Crippen LogP contribution in [-0.4, -0.2) is 49.7 Å². The molecule has 0 aliphatic carbocycles. The third kappa shape index (κ3) is 5.48. The third-order valence-corrected chi connectivity index (χ3v) is 4.63. The van der Waals surface area contributed by atoms with Gasteiger partial charge >= 0.3 is 0 Å². The van der Waals surface area contributed by atoms with Crippen LogP contribution >= 0.6 is 0 Å². The zero-order chi connectivity index (χ0) is 16.8. The predicted molar refractivity (Wildman–Crippen MR) is 92.2 cm³/mol. The second kappa shape index (κ2) is 8.67. The number of morpholine rings is 1. The van der Waals surface area contributed by atoms with Crippen molar-refractivity contribution >= 4 is 0 Å². The van der Waals surface area contributed by atoms with Gasteiger partial charge in [-0.15, -0.1) is 0 Å². The van der Waals surface area contributed by atoms with E-state index in [2.05, 4.69) is 33.8 Å². The number of aliphatic hydroxyl groups excluding tert-OH is 1. The largest absolute Gasteiger partial charge is 0.490 e. The van der Waals surface area contributed by atoms with Crippen molar-refractivity contribution < 1.29 is 19.5 Å². The Labute approximate surface area is 140 Å². The van der Waals surface area contributed by atoms with Crippen LogP contribution in [0, 0.1) is 0 Å². The van der Waals surface area contributed by atoms with E-state index in [0.29, 0.717) is 19.1 Å². The molecular weight excluding hydrogens is 290 g/mol. The van der Waals surface area contributed by atoms with E-state index in [4.69, 9.17) is 9.47 Å². The predicted octanol–water partition coefficient (Wildman–Crippen LogP) is 1.63. The van der Waals surface area contributed by atoms with Crippen molar-refractivity contribution in [2.45, 2.75) is 58.3 Å². The van der Waals surface area contributed by atoms with Gasteiger partial charge in [-0.25, -0.2) is 0 Å². The lowest BCUT2D eigenvalue weighted by Crippen LogP contribution is -3.16. The van der Waals surface area contributed by atoms with Gasteiger partial charge in [0.15, 0.2) is 0 Å². The molecule has 1 aliphatic rings. The van der Waals surface area contributed by atoms with E-state index >= 15 is 0 Å². The first kappa shape index (κ1) is 18.2. The van der Waals surface area contributed by atoms with Crippen LogP contribution in [0.4, 0.5) is 0 Å². The van der Waals surface area contributed by atoms with Crippen LogP contribution in [0.5, 0.6) is 5.75 Å². The van der Waals surface area contributed by atoms with E-state index in [9.17, 15) is 5.11 Å². The molecule has 4 nitrogen and oxygen atoms in total. The highest BCUT2D eigenvalue weighted by atomic mass is 16.5. The van der Waals surface area contributed by atoms with Crippen molar-refractivity contribution in [1.29, 1.82) is 0 Å². The lowest BCUT2D eigenvalue weighted by atomic mass is 9.98. The van der Waals surface area contributed by atoms with Gasteiger partial charge in [0.2, 0.25) is 0 Å². The molecular formula is C19H32NO3+. The van der Waals surface area contributed by atoms with Crippen molar-refractivity contribution in [3.63, 3.8) is 0 Å². The minimum Gasteiger partial charge on any atom is -0.490 e. The number of nitrogens with one attached hydrogen (secondary N) is 1. The molecule has 1 fully saturated rings. The fourth-order valence-corrected chi connectivity index (χ4v) is 3.37. The molecule has 0 radical (unpaired) electrons. The number of quaternary nitrogens is 1. The Morgan fingerprint density at radius 2 is 1.91 bits per heavy atom. The maximum Gasteiger partial charge on any atom is 0.137 e. The Kier molecular flexibility index (Phi) is 6.88. The number of hydrogen-bond acceptors (Lipinski definition) is 3. The molecule has 0 spiro atoms. The standard InChI is InChI=1S/C19H31NO3/c1-5-14(2)18-8-6-7-9-19(18)22-13-17(21)12-20-10-15(3)23-16(4)11-20/h6-9,14-17,21H,5,10-13H2,1-4H3/p+1/t14-,15-,16+,17-/m1/s1. The molecule has 1 aromatic rings. The van der Waals surface area contributed by atoms with E-state index in [1.54, 1.807) is 0 Å². The third-order valence-electron chi connectivity index (χ3n) is 4.63. The summed E-state index contributed by atoms with van der Waals surface area (Å²) in [6.45, 7) is 11.5. The van der Waals surface area contributed by atoms with Crippen LogP contribution in [0.2, 0.25) is 0 Å². The highest BCUT2D eigenvalue weighted by molar-refractivity contribution is 5.35. The quantitative estimate of drug-likeness (QED) is 0.802. The van der Waals surface area contributed by atoms with Crippen LogP contribution in [0.25, 0.3) is 0 Å². The zero-order valence-electron chi connectivity index (χ0n) is 14.9. The van der Waals surface area contributed by atoms with Crippen molar-refractivity contribution in [2.24, 2.45) is 0 Å². The summed E-state index contributed by atoms with van der Waals surface area (Å²) in [5.74, 6) is 1.37. The molecule has 1 unspecified atom stereocenters. The maximum absolute atomic E-state index is 10.3. The fourth-order valence-electron chi connectivity index (χ4n) is 3.37. The lowest BCUT2D eigenvalue weighted by Gasteiger charge is -2.33. The molecule has 0 saturated carbocycles. The molecule has 2 N–H and O–H groups in total. The second-order valence-electron chi connectivity index (χ2n) is 6.93. The topological polar surface area (TPSA) is 43.1 Å². The fraction of sp³-hybridized carbons (Fsp3) is 0.684. The van der Waals surface area contributed by atoms with Crippen LogP contribution in [0.15, 0.2) is 24.3 Å². The zero-order valence-corrected chi connectivity index (χ0v) is 14.9. The molecule has 0 amide bonds. The van der Waals surface area contributed by atoms with Gasteiger partial charge in [-0.1, -0.05) is 32.0 Å². The molecule has 4 heteroatoms. The number of hydrogen-bond donors (Lipinski definition) is 2. The minimum atomic E-state index is -0.451. The van der Waals surface area contributed by atoms with Crippen LogP contribution in [0.3, 0.4) is 0 Å². The molecule has 1 aliphatic heterocycles. The SMILES string of the molecule is CC[C@@H](C)c1ccccc1OC[C@H](O)C[NH+]1C[C@@H](C)O[C@@H](C)C1. The van der Waals surface area contributed by atoms with Gasteiger partial charge in [0, 0.05) is 0 Å². The normalized spacial score (nSPS) is 27.4. The summed E-state index contributed by atoms with van der Waals surface area (Å²) in [7, 11) is 0. The van der Waals surface area contributed by atoms with Crippen LogP contribution in [0.1, 0.15) is 45.6 Å². The van der Waals surface area contributed by atoms with Gasteiger partial charge in [0.25, 0.3) is 0 Å². The summed E-state index contributed by atoms with van der Waals surface area (Å²) in [5.41, 5.74) is 1.23. The van der Waals surface area contributed by atoms with Gasteiger partial charge in [0.05, 0.1) is 0 Å². The Hall–Kier alpha value is -1.10. The van der Waals surface area contributed by atoms with Gasteiger partial charge in [-0.3, -0.25) is 0 Å². The van der Waals surface area contributed by atoms with Crippen molar-refractivity contribution in [1.82, 2.24) is 0 Å². The number of rotatable bonds is 7. The highest BCUT2D eigenvalue weighted by Crippen LogP contribution is 2.28. The second-order valence-corrected chi connectivity index (χ2v) is 6.93. The Balaban J connectivity index is 1.86. The lowest BCUT2D eigenvalue weighted by molar-refractivity contribution is -0.918. The molecule has 130 valence electrons. The van der Waals surface area contributed by atoms with Gasteiger partial charge in [0.1, 0.15) is 50.3 Å². The van der Waals surface area contributed by atoms with Crippen molar-refractivity contribution in [3.8, 4) is 5.75 Å². The molecule has 1 heterocycles. The van der Waals surface area contributed by atoms with E-state index in [1.807, 2.05) is 18.2 Å². The first-order valence-electron chi connectivity index (χ1n) is 8.88. The summed E-state index contributed by atoms with van der Waals surface area (Å²) in [6.07, 6.45) is 1.14. The summed E-state index contributed by atoms with van der Waals surface area (Å²) >= 11 is 0. The number of benzene rings is 1. The van der Waals surface area contributed by atoms with E-state index in [1.165, 1.54) is 10.5 Å². The summed E-state index contributed by atoms with van der Waals surface area (Å²) in [5, 5.41) is 10.3. The number of ether oxygens (including phenoxy) is 2. The first-order valence-corrected chi connectivity index (χ1v) is 8.88. The summed E-state index contributed by atoms with van der Waals surface area (Å²) < 4.78 is 11.7. The first-order chi connectivity index (χ1) is 11.0. The van der Waals surface area contributed by atoms with Crippen LogP contribution < -0.4 is 9.64 Å². The van der Waals surface area contributed by atoms with Crippen molar-refractivity contribution in [2.75, 3.05) is 26.2 Å². The Morgan fingerprint density at radius 1 is 1.26 bits per heavy atom. The molecule has 2 rings (SSSR count). The van der Waals surface area contributed by atoms with E-state index in [-0.39, 0.29) is 12.2 Å². The molecule has 1 aromatic carbocycles. The van der Waals surface area contributed by atoms with Gasteiger partial charge < -0.3 is 19.5 Å². The van der Waals surface area contributed by atoms with E-state index in [0.717, 1.165) is 25.3 Å². The minimum absolute atomic E-state index is 0.257. The Morgan fingerprint density at radius 3 is 2.57 bits per heavy atom. The summed E-state index contributed by atoms with van der Waals surface area (Å²) in [6, 6.07) is 8.15. The van der Waals surface area contributed by atoms with Crippen molar-refractivity contribution in [3.05, 3.63) is 29.8 Å². The molecule has 1 saturated heterocycles. The van der Waals surface area contributed by atoms with Gasteiger partial charge in [-0.05, 0) is 37.8 Å². The molecule has 0 bridgehead atoms. The smallest absolute Gasteiger partial charge is 0.137 e. The molecule has 0 aromatic heterocycles. The number of aliphatic hydroxyl groups is 1. The maximum atomic E-state index is 10.3. The molecule has 23 heavy (non-hydrogen) atoms. The Bertz CT molecular complexity index is 469. The summed E-state index contributed by atoms with van der Waals surface area (Å²) in [4.78, 5) is 1.39. The highest BCUT2D eigenvalue weighted by Gasteiger charge is 2.27. The monoisotopic (exact) mass is 322 g/mol. The van der Waals surface area contributed by atoms with Crippen LogP contribution in [-0.2, 0) is 4.74 Å². The average Bonchev–Trinajstić information content (AvgIpc) is 2.51. The van der Waals surface area contributed by atoms with E-state index < -0.39 is 6.10 Å². The molecule has 5 atom stereocenters.